The van der Waals surface area contributed by atoms with Crippen LogP contribution in [0.5, 0.6) is 5.75 Å². The van der Waals surface area contributed by atoms with Gasteiger partial charge in [0.1, 0.15) is 5.75 Å². The van der Waals surface area contributed by atoms with Crippen molar-refractivity contribution in [2.24, 2.45) is 0 Å². The lowest BCUT2D eigenvalue weighted by Crippen LogP contribution is -2.32. The molecule has 2 N–H and O–H groups in total. The molecule has 82 valence electrons. The molecule has 6 heteroatoms. The summed E-state index contributed by atoms with van der Waals surface area (Å²) in [4.78, 5) is 4.10. The van der Waals surface area contributed by atoms with Crippen LogP contribution < -0.4 is 10.2 Å². The molecule has 16 heavy (non-hydrogen) atoms. The number of methoxy groups -OCH3 is 1. The number of nitrogens with zero attached hydrogens (tertiary/aromatic N) is 1. The predicted octanol–water partition coefficient (Wildman–Crippen LogP) is 0.577. The van der Waals surface area contributed by atoms with E-state index in [4.69, 9.17) is 16.3 Å². The summed E-state index contributed by atoms with van der Waals surface area (Å²) in [6, 6.07) is 5.07. The number of hydrogen-bond acceptors (Lipinski definition) is 4. The largest absolute Gasteiger partial charge is 0.496 e. The fourth-order valence-corrected chi connectivity index (χ4v) is 1.94. The van der Waals surface area contributed by atoms with Crippen molar-refractivity contribution in [3.05, 3.63) is 29.4 Å². The van der Waals surface area contributed by atoms with Crippen LogP contribution in [0.1, 0.15) is 0 Å². The molecular weight excluding hydrogens is 228 g/mol. The van der Waals surface area contributed by atoms with Gasteiger partial charge in [-0.2, -0.15) is 0 Å². The van der Waals surface area contributed by atoms with Gasteiger partial charge >= 0.3 is 7.12 Å². The number of halogens is 1. The van der Waals surface area contributed by atoms with Gasteiger partial charge in [-0.3, -0.25) is 4.98 Å². The summed E-state index contributed by atoms with van der Waals surface area (Å²) in [6.45, 7) is 0. The summed E-state index contributed by atoms with van der Waals surface area (Å²) in [7, 11) is -0.227. The molecule has 0 radical (unpaired) electrons. The van der Waals surface area contributed by atoms with E-state index in [0.717, 1.165) is 0 Å². The van der Waals surface area contributed by atoms with Crippen molar-refractivity contribution in [1.82, 2.24) is 4.98 Å². The van der Waals surface area contributed by atoms with E-state index in [1.807, 2.05) is 0 Å². The van der Waals surface area contributed by atoms with E-state index in [0.29, 0.717) is 15.9 Å². The maximum atomic E-state index is 9.35. The Hall–Kier alpha value is -1.30. The summed E-state index contributed by atoms with van der Waals surface area (Å²) >= 11 is 5.97. The topological polar surface area (TPSA) is 62.6 Å². The Morgan fingerprint density at radius 1 is 1.44 bits per heavy atom. The Morgan fingerprint density at radius 3 is 2.81 bits per heavy atom. The van der Waals surface area contributed by atoms with Gasteiger partial charge in [0.15, 0.2) is 0 Å². The average Bonchev–Trinajstić information content (AvgIpc) is 2.26. The molecule has 0 fully saturated rings. The minimum Gasteiger partial charge on any atom is -0.496 e. The molecule has 0 aliphatic rings. The summed E-state index contributed by atoms with van der Waals surface area (Å²) in [5.74, 6) is 0.261. The van der Waals surface area contributed by atoms with Gasteiger partial charge in [0, 0.05) is 17.0 Å². The molecule has 0 atom stereocenters. The first-order chi connectivity index (χ1) is 7.65. The molecule has 0 unspecified atom stereocenters. The maximum Gasteiger partial charge on any atom is 0.493 e. The van der Waals surface area contributed by atoms with Crippen LogP contribution >= 0.6 is 11.6 Å². The molecule has 0 spiro atoms. The van der Waals surface area contributed by atoms with Crippen molar-refractivity contribution in [3.63, 3.8) is 0 Å². The second kappa shape index (κ2) is 4.29. The van der Waals surface area contributed by atoms with Crippen molar-refractivity contribution in [2.45, 2.75) is 0 Å². The third-order valence-electron chi connectivity index (χ3n) is 2.32. The molecule has 1 aromatic heterocycles. The van der Waals surface area contributed by atoms with Gasteiger partial charge in [-0.05, 0) is 12.1 Å². The van der Waals surface area contributed by atoms with Crippen molar-refractivity contribution in [1.29, 1.82) is 0 Å². The summed E-state index contributed by atoms with van der Waals surface area (Å²) in [5, 5.41) is 19.6. The Morgan fingerprint density at radius 2 is 2.19 bits per heavy atom. The zero-order chi connectivity index (χ0) is 11.7. The first-order valence-electron chi connectivity index (χ1n) is 4.62. The highest BCUT2D eigenvalue weighted by molar-refractivity contribution is 6.63. The fraction of sp³-hybridized carbons (Fsp3) is 0.100. The fourth-order valence-electron chi connectivity index (χ4n) is 1.66. The van der Waals surface area contributed by atoms with E-state index in [-0.39, 0.29) is 11.2 Å². The van der Waals surface area contributed by atoms with Gasteiger partial charge in [0.25, 0.3) is 0 Å². The first-order valence-corrected chi connectivity index (χ1v) is 5.00. The number of aromatic nitrogens is 1. The van der Waals surface area contributed by atoms with E-state index in [2.05, 4.69) is 4.98 Å². The lowest BCUT2D eigenvalue weighted by molar-refractivity contribution is 0.404. The standard InChI is InChI=1S/C10H9BClNO3/c1-16-10-7(12)5-8-6(3-2-4-13-8)9(10)11(14)15/h2-5,14-15H,1H3. The Bertz CT molecular complexity index is 533. The van der Waals surface area contributed by atoms with Gasteiger partial charge < -0.3 is 14.8 Å². The van der Waals surface area contributed by atoms with Crippen LogP contribution in [-0.2, 0) is 0 Å². The van der Waals surface area contributed by atoms with Gasteiger partial charge in [0.2, 0.25) is 0 Å². The molecule has 0 aliphatic carbocycles. The lowest BCUT2D eigenvalue weighted by atomic mass is 9.77. The minimum absolute atomic E-state index is 0.234. The number of benzene rings is 1. The number of pyridine rings is 1. The number of ether oxygens (including phenoxy) is 1. The van der Waals surface area contributed by atoms with Crippen molar-refractivity contribution in [3.8, 4) is 5.75 Å². The van der Waals surface area contributed by atoms with Crippen LogP contribution in [0.2, 0.25) is 5.02 Å². The van der Waals surface area contributed by atoms with E-state index in [1.54, 1.807) is 24.4 Å². The highest BCUT2D eigenvalue weighted by atomic mass is 35.5. The average molecular weight is 237 g/mol. The second-order valence-electron chi connectivity index (χ2n) is 3.25. The third-order valence-corrected chi connectivity index (χ3v) is 2.60. The lowest BCUT2D eigenvalue weighted by Gasteiger charge is -2.12. The SMILES string of the molecule is COc1c(Cl)cc2ncccc2c1B(O)O. The van der Waals surface area contributed by atoms with E-state index >= 15 is 0 Å². The Kier molecular flexibility index (Phi) is 3.00. The van der Waals surface area contributed by atoms with Gasteiger partial charge in [-0.25, -0.2) is 0 Å². The summed E-state index contributed by atoms with van der Waals surface area (Å²) in [5.41, 5.74) is 0.828. The number of hydrogen-bond donors (Lipinski definition) is 2. The zero-order valence-corrected chi connectivity index (χ0v) is 9.27. The molecule has 1 heterocycles. The zero-order valence-electron chi connectivity index (χ0n) is 8.51. The second-order valence-corrected chi connectivity index (χ2v) is 3.66. The highest BCUT2D eigenvalue weighted by Gasteiger charge is 2.23. The number of fused-ring (bicyclic) bond motifs is 1. The van der Waals surface area contributed by atoms with Crippen LogP contribution in [0, 0.1) is 0 Å². The summed E-state index contributed by atoms with van der Waals surface area (Å²) in [6.07, 6.45) is 1.61. The van der Waals surface area contributed by atoms with Crippen molar-refractivity contribution in [2.75, 3.05) is 7.11 Å². The van der Waals surface area contributed by atoms with Gasteiger partial charge in [-0.15, -0.1) is 0 Å². The summed E-state index contributed by atoms with van der Waals surface area (Å²) < 4.78 is 5.07. The number of rotatable bonds is 2. The van der Waals surface area contributed by atoms with Crippen molar-refractivity contribution >= 4 is 35.1 Å². The molecule has 0 amide bonds. The predicted molar refractivity (Wildman–Crippen MR) is 63.1 cm³/mol. The smallest absolute Gasteiger partial charge is 0.493 e. The molecule has 0 aliphatic heterocycles. The minimum atomic E-state index is -1.65. The van der Waals surface area contributed by atoms with Crippen LogP contribution in [-0.4, -0.2) is 29.3 Å². The quantitative estimate of drug-likeness (QED) is 0.750. The maximum absolute atomic E-state index is 9.35. The molecule has 4 nitrogen and oxygen atoms in total. The van der Waals surface area contributed by atoms with E-state index < -0.39 is 7.12 Å². The first kappa shape index (κ1) is 11.2. The molecule has 2 aromatic rings. The normalized spacial score (nSPS) is 10.5. The molecular formula is C10H9BClNO3. The van der Waals surface area contributed by atoms with Crippen LogP contribution in [0.15, 0.2) is 24.4 Å². The van der Waals surface area contributed by atoms with Gasteiger partial charge in [-0.1, -0.05) is 17.7 Å². The Labute approximate surface area is 97.6 Å². The molecule has 0 bridgehead atoms. The Balaban J connectivity index is 2.87. The monoisotopic (exact) mass is 237 g/mol. The molecule has 1 aromatic carbocycles. The van der Waals surface area contributed by atoms with Crippen molar-refractivity contribution < 1.29 is 14.8 Å². The highest BCUT2D eigenvalue weighted by Crippen LogP contribution is 2.27. The van der Waals surface area contributed by atoms with Crippen LogP contribution in [0.4, 0.5) is 0 Å². The van der Waals surface area contributed by atoms with Crippen LogP contribution in [0.3, 0.4) is 0 Å². The van der Waals surface area contributed by atoms with E-state index in [1.165, 1.54) is 7.11 Å². The molecule has 0 saturated carbocycles. The van der Waals surface area contributed by atoms with Gasteiger partial charge in [0.05, 0.1) is 17.6 Å². The molecule has 0 saturated heterocycles. The molecule has 2 rings (SSSR count). The third kappa shape index (κ3) is 1.73. The van der Waals surface area contributed by atoms with Crippen LogP contribution in [0.25, 0.3) is 10.9 Å². The van der Waals surface area contributed by atoms with E-state index in [9.17, 15) is 10.0 Å².